The van der Waals surface area contributed by atoms with Crippen LogP contribution in [0.15, 0.2) is 30.4 Å². The molecule has 0 bridgehead atoms. The van der Waals surface area contributed by atoms with Gasteiger partial charge in [-0.1, -0.05) is 58.1 Å². The van der Waals surface area contributed by atoms with E-state index in [1.165, 1.54) is 36.2 Å². The van der Waals surface area contributed by atoms with Crippen LogP contribution in [-0.2, 0) is 23.2 Å². The summed E-state index contributed by atoms with van der Waals surface area (Å²) in [5.41, 5.74) is 4.56. The van der Waals surface area contributed by atoms with E-state index in [0.29, 0.717) is 30.2 Å². The second-order valence-corrected chi connectivity index (χ2v) is 17.3. The standard InChI is InChI=1S/C38H51N3O4/c1-22(2)24-12-15-38(33(42)43)17-16-36(6)25(31(24)38)9-11-30-35(5)19-26-32(34(3,4)29(35)13-14-37(30,36)7)41(40-39-26)20-23-8-10-27-28(18-23)45-21-44-27/h8,10,18,24-25,29-31H,1,9,11-17,19-21H2,2-7H3,(H,42,43)/t24-,25+,29-,30+,31+,35-,36+,37+,38-/m0/s1. The summed E-state index contributed by atoms with van der Waals surface area (Å²) in [6.07, 6.45) is 9.31. The van der Waals surface area contributed by atoms with Gasteiger partial charge >= 0.3 is 5.97 Å². The molecule has 8 rings (SSSR count). The number of carboxylic acids is 1. The minimum Gasteiger partial charge on any atom is -0.481 e. The molecule has 0 saturated heterocycles. The average molecular weight is 614 g/mol. The van der Waals surface area contributed by atoms with E-state index in [9.17, 15) is 9.90 Å². The number of aliphatic carboxylic acids is 1. The van der Waals surface area contributed by atoms with Crippen LogP contribution in [0.2, 0.25) is 0 Å². The molecule has 0 radical (unpaired) electrons. The number of hydrogen-bond donors (Lipinski definition) is 1. The Morgan fingerprint density at radius 3 is 2.51 bits per heavy atom. The van der Waals surface area contributed by atoms with Gasteiger partial charge in [0.1, 0.15) is 0 Å². The Bertz CT molecular complexity index is 1590. The van der Waals surface area contributed by atoms with Gasteiger partial charge in [0.25, 0.3) is 0 Å². The molecule has 2 aromatic rings. The van der Waals surface area contributed by atoms with E-state index in [1.807, 2.05) is 6.07 Å². The van der Waals surface area contributed by atoms with E-state index >= 15 is 0 Å². The fraction of sp³-hybridized carbons (Fsp3) is 0.711. The number of aromatic nitrogens is 3. The Kier molecular flexibility index (Phi) is 6.16. The molecule has 0 spiro atoms. The van der Waals surface area contributed by atoms with Crippen LogP contribution in [-0.4, -0.2) is 32.9 Å². The molecule has 7 heteroatoms. The van der Waals surface area contributed by atoms with Crippen molar-refractivity contribution in [3.63, 3.8) is 0 Å². The van der Waals surface area contributed by atoms with Gasteiger partial charge in [-0.05, 0) is 128 Å². The van der Waals surface area contributed by atoms with E-state index in [4.69, 9.17) is 19.8 Å². The number of carbonyl (C=O) groups is 1. The van der Waals surface area contributed by atoms with E-state index in [0.717, 1.165) is 55.6 Å². The molecule has 0 unspecified atom stereocenters. The van der Waals surface area contributed by atoms with Gasteiger partial charge in [-0.25, -0.2) is 4.68 Å². The quantitative estimate of drug-likeness (QED) is 0.354. The molecule has 7 nitrogen and oxygen atoms in total. The monoisotopic (exact) mass is 613 g/mol. The Morgan fingerprint density at radius 2 is 1.76 bits per heavy atom. The van der Waals surface area contributed by atoms with E-state index < -0.39 is 11.4 Å². The molecule has 1 aromatic heterocycles. The van der Waals surface area contributed by atoms with Crippen LogP contribution in [0.5, 0.6) is 11.5 Å². The highest BCUT2D eigenvalue weighted by atomic mass is 16.7. The molecule has 45 heavy (non-hydrogen) atoms. The Hall–Kier alpha value is -2.83. The first-order valence-corrected chi connectivity index (χ1v) is 17.5. The molecular formula is C38H51N3O4. The molecule has 4 fully saturated rings. The number of fused-ring (bicyclic) bond motifs is 9. The highest BCUT2D eigenvalue weighted by molar-refractivity contribution is 5.76. The van der Waals surface area contributed by atoms with Crippen LogP contribution < -0.4 is 9.47 Å². The normalized spacial score (nSPS) is 42.1. The lowest BCUT2D eigenvalue weighted by Crippen LogP contribution is -2.67. The van der Waals surface area contributed by atoms with Crippen molar-refractivity contribution < 1.29 is 19.4 Å². The number of carboxylic acid groups (broad SMARTS) is 1. The number of ether oxygens (including phenoxy) is 2. The third-order valence-corrected chi connectivity index (χ3v) is 15.4. The molecule has 9 atom stereocenters. The summed E-state index contributed by atoms with van der Waals surface area (Å²) in [5.74, 6) is 3.13. The molecule has 1 N–H and O–H groups in total. The summed E-state index contributed by atoms with van der Waals surface area (Å²) in [7, 11) is 0. The van der Waals surface area contributed by atoms with E-state index in [1.54, 1.807) is 0 Å². The third-order valence-electron chi connectivity index (χ3n) is 15.4. The molecule has 242 valence electrons. The van der Waals surface area contributed by atoms with Crippen LogP contribution in [0.3, 0.4) is 0 Å². The number of benzene rings is 1. The zero-order chi connectivity index (χ0) is 31.7. The molecule has 4 saturated carbocycles. The molecular weight excluding hydrogens is 562 g/mol. The van der Waals surface area contributed by atoms with Crippen molar-refractivity contribution in [1.82, 2.24) is 15.0 Å². The molecule has 1 aliphatic heterocycles. The lowest BCUT2D eigenvalue weighted by molar-refractivity contribution is -0.228. The first-order chi connectivity index (χ1) is 21.3. The summed E-state index contributed by atoms with van der Waals surface area (Å²) in [4.78, 5) is 13.0. The van der Waals surface area contributed by atoms with Gasteiger partial charge in [-0.2, -0.15) is 0 Å². The predicted octanol–water partition coefficient (Wildman–Crippen LogP) is 7.81. The first-order valence-electron chi connectivity index (χ1n) is 17.5. The second-order valence-electron chi connectivity index (χ2n) is 17.3. The lowest BCUT2D eigenvalue weighted by atomic mass is 9.32. The third kappa shape index (κ3) is 3.67. The fourth-order valence-electron chi connectivity index (χ4n) is 13.3. The number of rotatable bonds is 4. The minimum absolute atomic E-state index is 0.0667. The predicted molar refractivity (Wildman–Crippen MR) is 172 cm³/mol. The van der Waals surface area contributed by atoms with Gasteiger partial charge < -0.3 is 14.6 Å². The van der Waals surface area contributed by atoms with Crippen LogP contribution in [0.25, 0.3) is 0 Å². The smallest absolute Gasteiger partial charge is 0.309 e. The maximum absolute atomic E-state index is 13.0. The second kappa shape index (κ2) is 9.38. The van der Waals surface area contributed by atoms with Crippen LogP contribution in [0.1, 0.15) is 110 Å². The van der Waals surface area contributed by atoms with Crippen molar-refractivity contribution in [2.45, 2.75) is 111 Å². The van der Waals surface area contributed by atoms with Crippen molar-refractivity contribution in [2.75, 3.05) is 6.79 Å². The molecule has 1 aromatic carbocycles. The van der Waals surface area contributed by atoms with Crippen molar-refractivity contribution >= 4 is 5.97 Å². The Labute approximate surface area is 268 Å². The van der Waals surface area contributed by atoms with Gasteiger partial charge in [0.05, 0.1) is 23.3 Å². The first kappa shape index (κ1) is 29.6. The van der Waals surface area contributed by atoms with Crippen molar-refractivity contribution in [1.29, 1.82) is 0 Å². The van der Waals surface area contributed by atoms with Gasteiger partial charge in [0.2, 0.25) is 6.79 Å². The maximum Gasteiger partial charge on any atom is 0.309 e. The summed E-state index contributed by atoms with van der Waals surface area (Å²) in [6.45, 7) is 20.2. The summed E-state index contributed by atoms with van der Waals surface area (Å²) in [5, 5.41) is 20.4. The van der Waals surface area contributed by atoms with Crippen molar-refractivity contribution in [3.8, 4) is 11.5 Å². The molecule has 5 aliphatic carbocycles. The largest absolute Gasteiger partial charge is 0.481 e. The van der Waals surface area contributed by atoms with Gasteiger partial charge in [-0.15, -0.1) is 5.10 Å². The van der Waals surface area contributed by atoms with Crippen LogP contribution in [0, 0.1) is 51.2 Å². The highest BCUT2D eigenvalue weighted by Gasteiger charge is 2.72. The summed E-state index contributed by atoms with van der Waals surface area (Å²) >= 11 is 0. The minimum atomic E-state index is -0.573. The maximum atomic E-state index is 13.0. The summed E-state index contributed by atoms with van der Waals surface area (Å²) in [6, 6.07) is 6.18. The van der Waals surface area contributed by atoms with Crippen LogP contribution in [0.4, 0.5) is 0 Å². The average Bonchev–Trinajstić information content (AvgIpc) is 3.70. The van der Waals surface area contributed by atoms with Gasteiger partial charge in [-0.3, -0.25) is 4.79 Å². The topological polar surface area (TPSA) is 86.5 Å². The van der Waals surface area contributed by atoms with Crippen molar-refractivity contribution in [3.05, 3.63) is 47.3 Å². The van der Waals surface area contributed by atoms with Crippen molar-refractivity contribution in [2.24, 2.45) is 51.2 Å². The Morgan fingerprint density at radius 1 is 0.978 bits per heavy atom. The fourth-order valence-corrected chi connectivity index (χ4v) is 13.3. The molecule has 2 heterocycles. The number of hydrogen-bond acceptors (Lipinski definition) is 5. The zero-order valence-electron chi connectivity index (χ0n) is 28.1. The highest BCUT2D eigenvalue weighted by Crippen LogP contribution is 2.77. The summed E-state index contributed by atoms with van der Waals surface area (Å²) < 4.78 is 13.4. The molecule has 6 aliphatic rings. The van der Waals surface area contributed by atoms with E-state index in [-0.39, 0.29) is 34.4 Å². The Balaban J connectivity index is 1.14. The number of nitrogens with zero attached hydrogens (tertiary/aromatic N) is 3. The number of allylic oxidation sites excluding steroid dienone is 1. The molecule has 0 amide bonds. The zero-order valence-corrected chi connectivity index (χ0v) is 28.1. The van der Waals surface area contributed by atoms with Gasteiger partial charge in [0, 0.05) is 5.41 Å². The van der Waals surface area contributed by atoms with E-state index in [2.05, 4.69) is 64.9 Å². The SMILES string of the molecule is C=C(C)[C@@H]1CC[C@]2(C(=O)O)CC[C@]3(C)[C@H](CC[C@@H]4[C@@]5(C)Cc6nnn(Cc7ccc8c(c7)OCO8)c6C(C)(C)[C@@H]5CC[C@]43C)[C@@H]12. The van der Waals surface area contributed by atoms with Crippen LogP contribution >= 0.6 is 0 Å². The lowest BCUT2D eigenvalue weighted by Gasteiger charge is -2.72. The van der Waals surface area contributed by atoms with Gasteiger partial charge in [0.15, 0.2) is 11.5 Å².